The van der Waals surface area contributed by atoms with E-state index in [1.165, 1.54) is 12.8 Å². The summed E-state index contributed by atoms with van der Waals surface area (Å²) in [6, 6.07) is 0. The number of hydrogen-bond acceptors (Lipinski definition) is 2. The number of nitrogens with one attached hydrogen (secondary N) is 1. The zero-order valence-corrected chi connectivity index (χ0v) is 14.3. The first kappa shape index (κ1) is 18.0. The van der Waals surface area contributed by atoms with E-state index < -0.39 is 0 Å². The largest absolute Gasteiger partial charge is 0.385 e. The molecule has 1 saturated heterocycles. The van der Waals surface area contributed by atoms with Crippen LogP contribution in [0.3, 0.4) is 0 Å². The molecule has 0 aromatic heterocycles. The highest BCUT2D eigenvalue weighted by atomic mass is 127. The molecule has 0 bridgehead atoms. The quantitative estimate of drug-likeness (QED) is 0.350. The van der Waals surface area contributed by atoms with Crippen LogP contribution in [0.5, 0.6) is 0 Å². The van der Waals surface area contributed by atoms with E-state index in [4.69, 9.17) is 4.74 Å². The van der Waals surface area contributed by atoms with Gasteiger partial charge in [-0.3, -0.25) is 4.99 Å². The van der Waals surface area contributed by atoms with Crippen LogP contribution in [0.25, 0.3) is 0 Å². The number of hydrogen-bond donors (Lipinski definition) is 1. The van der Waals surface area contributed by atoms with Crippen molar-refractivity contribution >= 4 is 29.9 Å². The van der Waals surface area contributed by atoms with Crippen LogP contribution in [0.2, 0.25) is 0 Å². The van der Waals surface area contributed by atoms with Crippen LogP contribution in [-0.4, -0.2) is 50.8 Å². The number of likely N-dealkylation sites (tertiary alicyclic amines) is 1. The van der Waals surface area contributed by atoms with Crippen LogP contribution in [-0.2, 0) is 4.74 Å². The topological polar surface area (TPSA) is 36.9 Å². The molecule has 1 unspecified atom stereocenters. The Kier molecular flexibility index (Phi) is 10.8. The molecule has 1 heterocycles. The minimum absolute atomic E-state index is 0. The lowest BCUT2D eigenvalue weighted by atomic mass is 10.0. The van der Waals surface area contributed by atoms with Crippen molar-refractivity contribution in [3.8, 4) is 0 Å². The van der Waals surface area contributed by atoms with E-state index >= 15 is 0 Å². The Balaban J connectivity index is 0.00000289. The van der Waals surface area contributed by atoms with Crippen molar-refractivity contribution in [3.05, 3.63) is 0 Å². The summed E-state index contributed by atoms with van der Waals surface area (Å²) in [6.45, 7) is 9.30. The minimum atomic E-state index is 0. The number of halogens is 1. The van der Waals surface area contributed by atoms with Crippen LogP contribution in [0.1, 0.15) is 33.1 Å². The summed E-state index contributed by atoms with van der Waals surface area (Å²) < 4.78 is 5.04. The van der Waals surface area contributed by atoms with Gasteiger partial charge >= 0.3 is 0 Å². The van der Waals surface area contributed by atoms with Gasteiger partial charge in [-0.05, 0) is 32.1 Å². The lowest BCUT2D eigenvalue weighted by Crippen LogP contribution is -2.46. The molecule has 1 aliphatic heterocycles. The molecule has 4 nitrogen and oxygen atoms in total. The van der Waals surface area contributed by atoms with E-state index in [1.54, 1.807) is 7.11 Å². The fraction of sp³-hybridized carbons (Fsp3) is 0.923. The third-order valence-electron chi connectivity index (χ3n) is 3.06. The molecule has 1 aliphatic rings. The second-order valence-corrected chi connectivity index (χ2v) is 4.78. The minimum Gasteiger partial charge on any atom is -0.385 e. The second kappa shape index (κ2) is 10.8. The summed E-state index contributed by atoms with van der Waals surface area (Å²) in [5.74, 6) is 1.86. The molecule has 1 N–H and O–H groups in total. The van der Waals surface area contributed by atoms with Gasteiger partial charge in [-0.2, -0.15) is 0 Å². The Morgan fingerprint density at radius 3 is 2.89 bits per heavy atom. The molecular weight excluding hydrogens is 341 g/mol. The zero-order chi connectivity index (χ0) is 12.5. The van der Waals surface area contributed by atoms with Crippen molar-refractivity contribution in [3.63, 3.8) is 0 Å². The summed E-state index contributed by atoms with van der Waals surface area (Å²) in [5, 5.41) is 3.38. The molecule has 0 aromatic carbocycles. The maximum absolute atomic E-state index is 5.04. The number of nitrogens with zero attached hydrogens (tertiary/aromatic N) is 2. The average Bonchev–Trinajstić information content (AvgIpc) is 2.33. The van der Waals surface area contributed by atoms with Crippen molar-refractivity contribution < 1.29 is 4.74 Å². The predicted molar refractivity (Wildman–Crippen MR) is 87.9 cm³/mol. The van der Waals surface area contributed by atoms with Gasteiger partial charge in [-0.15, -0.1) is 24.0 Å². The van der Waals surface area contributed by atoms with Gasteiger partial charge in [-0.25, -0.2) is 0 Å². The highest BCUT2D eigenvalue weighted by Crippen LogP contribution is 2.15. The molecule has 1 atom stereocenters. The van der Waals surface area contributed by atoms with E-state index in [2.05, 4.69) is 29.1 Å². The molecule has 0 saturated carbocycles. The second-order valence-electron chi connectivity index (χ2n) is 4.78. The molecule has 0 aromatic rings. The fourth-order valence-corrected chi connectivity index (χ4v) is 2.20. The maximum Gasteiger partial charge on any atom is 0.193 e. The van der Waals surface area contributed by atoms with Gasteiger partial charge < -0.3 is 15.0 Å². The maximum atomic E-state index is 5.04. The van der Waals surface area contributed by atoms with Crippen molar-refractivity contribution in [1.82, 2.24) is 10.2 Å². The van der Waals surface area contributed by atoms with Gasteiger partial charge in [0.2, 0.25) is 0 Å². The molecule has 18 heavy (non-hydrogen) atoms. The number of aliphatic imine (C=N–C) groups is 1. The van der Waals surface area contributed by atoms with Crippen LogP contribution in [0.15, 0.2) is 4.99 Å². The standard InChI is InChI=1S/C13H27N3O.HI/c1-4-14-13(15-8-6-10-17-3)16-9-5-7-12(2)11-16;/h12H,4-11H2,1-3H3,(H,14,15);1H. The molecule has 0 spiro atoms. The summed E-state index contributed by atoms with van der Waals surface area (Å²) in [7, 11) is 1.74. The first-order chi connectivity index (χ1) is 8.27. The van der Waals surface area contributed by atoms with Gasteiger partial charge in [0.15, 0.2) is 5.96 Å². The van der Waals surface area contributed by atoms with Gasteiger partial charge in [0.05, 0.1) is 0 Å². The van der Waals surface area contributed by atoms with Crippen LogP contribution in [0.4, 0.5) is 0 Å². The third-order valence-corrected chi connectivity index (χ3v) is 3.06. The SMILES string of the molecule is CCNC(=NCCCOC)N1CCCC(C)C1.I. The summed E-state index contributed by atoms with van der Waals surface area (Å²) in [4.78, 5) is 7.05. The van der Waals surface area contributed by atoms with Crippen LogP contribution < -0.4 is 5.32 Å². The fourth-order valence-electron chi connectivity index (χ4n) is 2.20. The number of piperidine rings is 1. The van der Waals surface area contributed by atoms with Crippen molar-refractivity contribution in [2.24, 2.45) is 10.9 Å². The lowest BCUT2D eigenvalue weighted by molar-refractivity contribution is 0.196. The summed E-state index contributed by atoms with van der Waals surface area (Å²) in [5.41, 5.74) is 0. The number of ether oxygens (including phenoxy) is 1. The Bertz CT molecular complexity index is 236. The van der Waals surface area contributed by atoms with E-state index in [0.29, 0.717) is 0 Å². The molecule has 1 rings (SSSR count). The molecule has 0 radical (unpaired) electrons. The highest BCUT2D eigenvalue weighted by molar-refractivity contribution is 14.0. The van der Waals surface area contributed by atoms with E-state index in [1.807, 2.05) is 0 Å². The number of methoxy groups -OCH3 is 1. The summed E-state index contributed by atoms with van der Waals surface area (Å²) >= 11 is 0. The van der Waals surface area contributed by atoms with Gasteiger partial charge in [0, 0.05) is 39.9 Å². The summed E-state index contributed by atoms with van der Waals surface area (Å²) in [6.07, 6.45) is 3.62. The molecule has 0 aliphatic carbocycles. The van der Waals surface area contributed by atoms with Gasteiger partial charge in [0.1, 0.15) is 0 Å². The third kappa shape index (κ3) is 6.78. The Hall–Kier alpha value is -0.0400. The number of guanidine groups is 1. The molecule has 5 heteroatoms. The predicted octanol–water partition coefficient (Wildman–Crippen LogP) is 2.34. The van der Waals surface area contributed by atoms with E-state index in [-0.39, 0.29) is 24.0 Å². The van der Waals surface area contributed by atoms with Crippen molar-refractivity contribution in [1.29, 1.82) is 0 Å². The van der Waals surface area contributed by atoms with E-state index in [9.17, 15) is 0 Å². The Morgan fingerprint density at radius 2 is 2.28 bits per heavy atom. The van der Waals surface area contributed by atoms with Crippen LogP contribution >= 0.6 is 24.0 Å². The van der Waals surface area contributed by atoms with Crippen molar-refractivity contribution in [2.75, 3.05) is 39.9 Å². The Morgan fingerprint density at radius 1 is 1.50 bits per heavy atom. The normalized spacial score (nSPS) is 20.5. The molecule has 1 fully saturated rings. The highest BCUT2D eigenvalue weighted by Gasteiger charge is 2.18. The van der Waals surface area contributed by atoms with Crippen molar-refractivity contribution in [2.45, 2.75) is 33.1 Å². The molecule has 108 valence electrons. The molecular formula is C13H28IN3O. The van der Waals surface area contributed by atoms with E-state index in [0.717, 1.165) is 51.1 Å². The van der Waals surface area contributed by atoms with Crippen LogP contribution in [0, 0.1) is 5.92 Å². The van der Waals surface area contributed by atoms with Gasteiger partial charge in [-0.1, -0.05) is 6.92 Å². The number of rotatable bonds is 5. The Labute approximate surface area is 129 Å². The van der Waals surface area contributed by atoms with Gasteiger partial charge in [0.25, 0.3) is 0 Å². The average molecular weight is 369 g/mol. The monoisotopic (exact) mass is 369 g/mol. The first-order valence-electron chi connectivity index (χ1n) is 6.80. The lowest BCUT2D eigenvalue weighted by Gasteiger charge is -2.33. The smallest absolute Gasteiger partial charge is 0.193 e. The zero-order valence-electron chi connectivity index (χ0n) is 11.9. The molecule has 0 amide bonds. The first-order valence-corrected chi connectivity index (χ1v) is 6.80.